The summed E-state index contributed by atoms with van der Waals surface area (Å²) in [6.07, 6.45) is 6.37. The van der Waals surface area contributed by atoms with Crippen molar-refractivity contribution in [3.05, 3.63) is 34.3 Å². The van der Waals surface area contributed by atoms with E-state index in [0.29, 0.717) is 17.5 Å². The molecule has 1 unspecified atom stereocenters. The van der Waals surface area contributed by atoms with Crippen LogP contribution in [0.25, 0.3) is 11.1 Å². The summed E-state index contributed by atoms with van der Waals surface area (Å²) in [6, 6.07) is 6.57. The van der Waals surface area contributed by atoms with E-state index >= 15 is 0 Å². The van der Waals surface area contributed by atoms with Crippen molar-refractivity contribution in [2.75, 3.05) is 6.54 Å². The second kappa shape index (κ2) is 6.06. The molecule has 3 rings (SSSR count). The molecule has 0 spiro atoms. The molecule has 1 aromatic carbocycles. The summed E-state index contributed by atoms with van der Waals surface area (Å²) in [6.45, 7) is 3.22. The molecule has 1 aliphatic rings. The lowest BCUT2D eigenvalue weighted by Crippen LogP contribution is -2.27. The summed E-state index contributed by atoms with van der Waals surface area (Å²) in [5.74, 6) is 0.408. The molecule has 0 saturated heterocycles. The minimum absolute atomic E-state index is 0.291. The number of nitrogens with zero attached hydrogens (tertiary/aromatic N) is 1. The fraction of sp³-hybridized carbons (Fsp3) is 0.588. The van der Waals surface area contributed by atoms with Gasteiger partial charge in [0.1, 0.15) is 0 Å². The molecule has 1 heterocycles. The average Bonchev–Trinajstić information content (AvgIpc) is 3.09. The zero-order valence-corrected chi connectivity index (χ0v) is 12.9. The number of fused-ring (bicyclic) bond motifs is 1. The van der Waals surface area contributed by atoms with E-state index in [1.807, 2.05) is 12.1 Å². The average molecular weight is 288 g/mol. The molecule has 114 valence electrons. The van der Waals surface area contributed by atoms with Crippen LogP contribution in [0.4, 0.5) is 0 Å². The number of aryl methyl sites for hydroxylation is 1. The maximum absolute atomic E-state index is 11.6. The van der Waals surface area contributed by atoms with Crippen molar-refractivity contribution in [1.82, 2.24) is 9.88 Å². The van der Waals surface area contributed by atoms with Gasteiger partial charge in [-0.05, 0) is 49.4 Å². The fourth-order valence-corrected chi connectivity index (χ4v) is 3.49. The first kappa shape index (κ1) is 14.4. The number of aromatic nitrogens is 1. The maximum atomic E-state index is 11.6. The van der Waals surface area contributed by atoms with Crippen molar-refractivity contribution < 1.29 is 4.42 Å². The molecule has 1 aliphatic carbocycles. The molecule has 1 N–H and O–H groups in total. The number of rotatable bonds is 5. The van der Waals surface area contributed by atoms with Crippen LogP contribution in [0.15, 0.2) is 27.4 Å². The first-order valence-corrected chi connectivity index (χ1v) is 8.03. The van der Waals surface area contributed by atoms with Gasteiger partial charge in [0, 0.05) is 13.1 Å². The molecule has 2 aromatic rings. The largest absolute Gasteiger partial charge is 0.419 e. The van der Waals surface area contributed by atoms with Gasteiger partial charge in [0.2, 0.25) is 0 Å². The standard InChI is InChI=1S/C17H24N2O2/c1-3-10-18-16(12-6-4-5-7-12)13-8-9-14-15(11-13)21-17(20)19(14)2/h8-9,11-12,16,18H,3-7,10H2,1-2H3. The van der Waals surface area contributed by atoms with Crippen molar-refractivity contribution in [2.24, 2.45) is 13.0 Å². The lowest BCUT2D eigenvalue weighted by molar-refractivity contribution is 0.368. The Morgan fingerprint density at radius 2 is 2.14 bits per heavy atom. The first-order valence-electron chi connectivity index (χ1n) is 8.03. The van der Waals surface area contributed by atoms with Crippen LogP contribution in [0.3, 0.4) is 0 Å². The zero-order chi connectivity index (χ0) is 14.8. The summed E-state index contributed by atoms with van der Waals surface area (Å²) >= 11 is 0. The van der Waals surface area contributed by atoms with E-state index < -0.39 is 0 Å². The Labute approximate surface area is 125 Å². The quantitative estimate of drug-likeness (QED) is 0.917. The van der Waals surface area contributed by atoms with Gasteiger partial charge in [0.05, 0.1) is 5.52 Å². The lowest BCUT2D eigenvalue weighted by Gasteiger charge is -2.25. The Bertz CT molecular complexity index is 665. The summed E-state index contributed by atoms with van der Waals surface area (Å²) in [4.78, 5) is 11.6. The van der Waals surface area contributed by atoms with Gasteiger partial charge in [0.25, 0.3) is 0 Å². The van der Waals surface area contributed by atoms with Gasteiger partial charge in [-0.3, -0.25) is 4.57 Å². The molecule has 4 heteroatoms. The lowest BCUT2D eigenvalue weighted by atomic mass is 9.91. The third-order valence-electron chi connectivity index (χ3n) is 4.66. The van der Waals surface area contributed by atoms with Crippen molar-refractivity contribution in [3.8, 4) is 0 Å². The Balaban J connectivity index is 1.95. The van der Waals surface area contributed by atoms with Crippen LogP contribution in [0.5, 0.6) is 0 Å². The van der Waals surface area contributed by atoms with Crippen molar-refractivity contribution >= 4 is 11.1 Å². The van der Waals surface area contributed by atoms with Crippen LogP contribution in [-0.4, -0.2) is 11.1 Å². The normalized spacial score (nSPS) is 17.6. The minimum atomic E-state index is -0.291. The van der Waals surface area contributed by atoms with Crippen LogP contribution in [0, 0.1) is 5.92 Å². The van der Waals surface area contributed by atoms with E-state index in [2.05, 4.69) is 18.3 Å². The fourth-order valence-electron chi connectivity index (χ4n) is 3.49. The van der Waals surface area contributed by atoms with Gasteiger partial charge in [-0.15, -0.1) is 0 Å². The van der Waals surface area contributed by atoms with E-state index in [9.17, 15) is 4.79 Å². The zero-order valence-electron chi connectivity index (χ0n) is 12.9. The van der Waals surface area contributed by atoms with E-state index in [4.69, 9.17) is 4.42 Å². The molecule has 0 radical (unpaired) electrons. The molecule has 21 heavy (non-hydrogen) atoms. The molecule has 0 bridgehead atoms. The van der Waals surface area contributed by atoms with Gasteiger partial charge in [-0.1, -0.05) is 25.8 Å². The van der Waals surface area contributed by atoms with E-state index in [1.165, 1.54) is 31.2 Å². The topological polar surface area (TPSA) is 47.2 Å². The van der Waals surface area contributed by atoms with Crippen molar-refractivity contribution in [2.45, 2.75) is 45.1 Å². The van der Waals surface area contributed by atoms with Crippen molar-refractivity contribution in [1.29, 1.82) is 0 Å². The summed E-state index contributed by atoms with van der Waals surface area (Å²) < 4.78 is 6.89. The van der Waals surface area contributed by atoms with Gasteiger partial charge in [-0.2, -0.15) is 0 Å². The van der Waals surface area contributed by atoms with E-state index in [-0.39, 0.29) is 5.76 Å². The predicted octanol–water partition coefficient (Wildman–Crippen LogP) is 3.36. The minimum Gasteiger partial charge on any atom is -0.408 e. The predicted molar refractivity (Wildman–Crippen MR) is 84.4 cm³/mol. The Hall–Kier alpha value is -1.55. The SMILES string of the molecule is CCCNC(c1ccc2c(c1)oc(=O)n2C)C1CCCC1. The molecular weight excluding hydrogens is 264 g/mol. The highest BCUT2D eigenvalue weighted by Gasteiger charge is 2.26. The highest BCUT2D eigenvalue weighted by molar-refractivity contribution is 5.73. The summed E-state index contributed by atoms with van der Waals surface area (Å²) in [5, 5.41) is 3.69. The number of nitrogens with one attached hydrogen (secondary N) is 1. The monoisotopic (exact) mass is 288 g/mol. The highest BCUT2D eigenvalue weighted by atomic mass is 16.4. The molecule has 0 aliphatic heterocycles. The van der Waals surface area contributed by atoms with Gasteiger partial charge >= 0.3 is 5.76 Å². The van der Waals surface area contributed by atoms with E-state index in [1.54, 1.807) is 11.6 Å². The molecule has 1 fully saturated rings. The highest BCUT2D eigenvalue weighted by Crippen LogP contribution is 2.36. The van der Waals surface area contributed by atoms with Crippen LogP contribution in [-0.2, 0) is 7.05 Å². The maximum Gasteiger partial charge on any atom is 0.419 e. The summed E-state index contributed by atoms with van der Waals surface area (Å²) in [7, 11) is 1.75. The van der Waals surface area contributed by atoms with Crippen LogP contribution in [0.2, 0.25) is 0 Å². The van der Waals surface area contributed by atoms with Gasteiger partial charge < -0.3 is 9.73 Å². The number of benzene rings is 1. The number of hydrogen-bond acceptors (Lipinski definition) is 3. The number of oxazole rings is 1. The Morgan fingerprint density at radius 1 is 1.38 bits per heavy atom. The second-order valence-electron chi connectivity index (χ2n) is 6.13. The Kier molecular flexibility index (Phi) is 4.15. The molecule has 1 aromatic heterocycles. The summed E-state index contributed by atoms with van der Waals surface area (Å²) in [5.41, 5.74) is 2.81. The Morgan fingerprint density at radius 3 is 2.86 bits per heavy atom. The van der Waals surface area contributed by atoms with Gasteiger partial charge in [-0.25, -0.2) is 4.79 Å². The van der Waals surface area contributed by atoms with Crippen LogP contribution < -0.4 is 11.1 Å². The van der Waals surface area contributed by atoms with Crippen molar-refractivity contribution in [3.63, 3.8) is 0 Å². The number of hydrogen-bond donors (Lipinski definition) is 1. The molecular formula is C17H24N2O2. The third-order valence-corrected chi connectivity index (χ3v) is 4.66. The van der Waals surface area contributed by atoms with E-state index in [0.717, 1.165) is 18.5 Å². The first-order chi connectivity index (χ1) is 10.2. The third kappa shape index (κ3) is 2.77. The molecule has 1 atom stereocenters. The molecule has 4 nitrogen and oxygen atoms in total. The van der Waals surface area contributed by atoms with Gasteiger partial charge in [0.15, 0.2) is 5.58 Å². The second-order valence-corrected chi connectivity index (χ2v) is 6.13. The van der Waals surface area contributed by atoms with Crippen LogP contribution in [0.1, 0.15) is 50.6 Å². The van der Waals surface area contributed by atoms with Crippen LogP contribution >= 0.6 is 0 Å². The smallest absolute Gasteiger partial charge is 0.408 e. The molecule has 1 saturated carbocycles. The molecule has 0 amide bonds.